The maximum absolute atomic E-state index is 14.5. The number of ether oxygens (including phenoxy) is 1. The molecule has 0 bridgehead atoms. The second-order valence-corrected chi connectivity index (χ2v) is 14.9. The lowest BCUT2D eigenvalue weighted by molar-refractivity contribution is -0.145. The minimum Gasteiger partial charge on any atom is -0.493 e. The largest absolute Gasteiger partial charge is 0.493 e. The molecule has 248 valence electrons. The Kier molecular flexibility index (Phi) is 12.0. The summed E-state index contributed by atoms with van der Waals surface area (Å²) in [6.07, 6.45) is 4.91. The van der Waals surface area contributed by atoms with Crippen LogP contribution in [-0.2, 0) is 20.9 Å². The molecule has 1 aromatic carbocycles. The number of likely N-dealkylation sites (tertiary alicyclic amines) is 1. The molecule has 3 amide bonds. The summed E-state index contributed by atoms with van der Waals surface area (Å²) in [7, 11) is 0. The van der Waals surface area contributed by atoms with Gasteiger partial charge < -0.3 is 25.4 Å². The van der Waals surface area contributed by atoms with Gasteiger partial charge in [0.05, 0.1) is 28.8 Å². The molecular formula is C33H46BrFN4O5S. The molecule has 0 unspecified atom stereocenters. The van der Waals surface area contributed by atoms with E-state index >= 15 is 0 Å². The van der Waals surface area contributed by atoms with E-state index in [0.29, 0.717) is 12.4 Å². The average molecular weight is 710 g/mol. The lowest BCUT2D eigenvalue weighted by Crippen LogP contribution is -2.59. The summed E-state index contributed by atoms with van der Waals surface area (Å²) in [5.74, 6) is -1.06. The zero-order valence-corrected chi connectivity index (χ0v) is 29.1. The predicted octanol–water partition coefficient (Wildman–Crippen LogP) is 5.45. The summed E-state index contributed by atoms with van der Waals surface area (Å²) in [5.41, 5.74) is 1.85. The Labute approximate surface area is 277 Å². The van der Waals surface area contributed by atoms with Crippen molar-refractivity contribution in [1.82, 2.24) is 20.5 Å². The number of thiazole rings is 1. The Hall–Kier alpha value is -2.57. The molecule has 0 spiro atoms. The van der Waals surface area contributed by atoms with Crippen LogP contribution in [-0.4, -0.2) is 75.1 Å². The van der Waals surface area contributed by atoms with Gasteiger partial charge in [0, 0.05) is 30.4 Å². The van der Waals surface area contributed by atoms with E-state index in [9.17, 15) is 23.9 Å². The van der Waals surface area contributed by atoms with Crippen molar-refractivity contribution in [3.8, 4) is 16.2 Å². The third kappa shape index (κ3) is 9.25. The van der Waals surface area contributed by atoms with Gasteiger partial charge in [-0.3, -0.25) is 14.4 Å². The molecule has 2 fully saturated rings. The second-order valence-electron chi connectivity index (χ2n) is 13.2. The van der Waals surface area contributed by atoms with E-state index in [0.717, 1.165) is 52.7 Å². The Morgan fingerprint density at radius 3 is 2.56 bits per heavy atom. The number of halogens is 2. The third-order valence-corrected chi connectivity index (χ3v) is 9.95. The average Bonchev–Trinajstić information content (AvgIpc) is 3.40. The van der Waals surface area contributed by atoms with E-state index < -0.39 is 47.0 Å². The Morgan fingerprint density at radius 2 is 1.91 bits per heavy atom. The number of β-amino-alcohol motifs (C(OH)–C–C–N with tert-alkyl or cyclic N) is 1. The van der Waals surface area contributed by atoms with Crippen molar-refractivity contribution in [1.29, 1.82) is 0 Å². The molecule has 2 aliphatic rings. The number of aliphatic hydroxyl groups is 1. The van der Waals surface area contributed by atoms with Crippen LogP contribution in [0.2, 0.25) is 0 Å². The van der Waals surface area contributed by atoms with E-state index in [2.05, 4.69) is 31.5 Å². The van der Waals surface area contributed by atoms with Crippen LogP contribution in [0.5, 0.6) is 5.75 Å². The van der Waals surface area contributed by atoms with Crippen LogP contribution in [0.1, 0.15) is 83.4 Å². The number of aromatic nitrogens is 1. The molecule has 12 heteroatoms. The quantitative estimate of drug-likeness (QED) is 0.167. The summed E-state index contributed by atoms with van der Waals surface area (Å²) in [4.78, 5) is 46.5. The molecular weight excluding hydrogens is 663 g/mol. The van der Waals surface area contributed by atoms with Gasteiger partial charge in [-0.05, 0) is 49.7 Å². The number of hydrogen-bond donors (Lipinski definition) is 3. The smallest absolute Gasteiger partial charge is 0.258 e. The highest BCUT2D eigenvalue weighted by molar-refractivity contribution is 9.09. The van der Waals surface area contributed by atoms with Crippen molar-refractivity contribution in [3.05, 3.63) is 35.0 Å². The summed E-state index contributed by atoms with van der Waals surface area (Å²) >= 11 is 5.03. The van der Waals surface area contributed by atoms with Crippen molar-refractivity contribution in [2.24, 2.45) is 5.41 Å². The molecule has 1 aliphatic heterocycles. The first-order valence-electron chi connectivity index (χ1n) is 15.8. The number of unbranched alkanes of at least 4 members (excludes halogenated alkanes) is 4. The molecule has 2 heterocycles. The van der Waals surface area contributed by atoms with Crippen molar-refractivity contribution < 1.29 is 28.6 Å². The molecule has 9 nitrogen and oxygen atoms in total. The zero-order valence-electron chi connectivity index (χ0n) is 26.7. The molecule has 1 saturated carbocycles. The Bertz CT molecular complexity index is 1340. The minimum absolute atomic E-state index is 0.0486. The maximum atomic E-state index is 14.5. The molecule has 1 saturated heterocycles. The van der Waals surface area contributed by atoms with Gasteiger partial charge in [-0.25, -0.2) is 9.37 Å². The first kappa shape index (κ1) is 35.3. The topological polar surface area (TPSA) is 121 Å². The zero-order chi connectivity index (χ0) is 32.8. The van der Waals surface area contributed by atoms with E-state index in [4.69, 9.17) is 4.74 Å². The van der Waals surface area contributed by atoms with Gasteiger partial charge in [-0.15, -0.1) is 11.3 Å². The summed E-state index contributed by atoms with van der Waals surface area (Å²) in [5, 5.41) is 17.0. The van der Waals surface area contributed by atoms with Crippen LogP contribution in [0.15, 0.2) is 23.7 Å². The predicted molar refractivity (Wildman–Crippen MR) is 177 cm³/mol. The fourth-order valence-electron chi connectivity index (χ4n) is 5.48. The minimum atomic E-state index is -1.94. The number of nitrogens with zero attached hydrogens (tertiary/aromatic N) is 2. The highest BCUT2D eigenvalue weighted by Gasteiger charge is 2.53. The van der Waals surface area contributed by atoms with E-state index in [1.165, 1.54) is 11.3 Å². The number of benzene rings is 1. The van der Waals surface area contributed by atoms with E-state index in [1.54, 1.807) is 32.1 Å². The van der Waals surface area contributed by atoms with Gasteiger partial charge in [-0.2, -0.15) is 0 Å². The maximum Gasteiger partial charge on any atom is 0.258 e. The van der Waals surface area contributed by atoms with Gasteiger partial charge in [0.25, 0.3) is 5.91 Å². The number of amides is 3. The van der Waals surface area contributed by atoms with E-state index in [-0.39, 0.29) is 32.4 Å². The van der Waals surface area contributed by atoms with Gasteiger partial charge in [-0.1, -0.05) is 68.1 Å². The van der Waals surface area contributed by atoms with Crippen molar-refractivity contribution in [2.75, 3.05) is 18.5 Å². The lowest BCUT2D eigenvalue weighted by atomic mass is 9.85. The number of carbonyl (C=O) groups excluding carboxylic acids is 3. The second kappa shape index (κ2) is 15.3. The van der Waals surface area contributed by atoms with Crippen molar-refractivity contribution >= 4 is 45.0 Å². The first-order chi connectivity index (χ1) is 21.3. The molecule has 1 aliphatic carbocycles. The fraction of sp³-hybridized carbons (Fsp3) is 0.636. The molecule has 0 radical (unpaired) electrons. The number of aryl methyl sites for hydroxylation is 1. The van der Waals surface area contributed by atoms with Gasteiger partial charge in [0.1, 0.15) is 17.8 Å². The van der Waals surface area contributed by atoms with Gasteiger partial charge >= 0.3 is 0 Å². The summed E-state index contributed by atoms with van der Waals surface area (Å²) in [6, 6.07) is 3.91. The van der Waals surface area contributed by atoms with Crippen LogP contribution in [0.3, 0.4) is 0 Å². The highest BCUT2D eigenvalue weighted by atomic mass is 79.9. The van der Waals surface area contributed by atoms with Gasteiger partial charge in [0.15, 0.2) is 5.67 Å². The summed E-state index contributed by atoms with van der Waals surface area (Å²) in [6.45, 7) is 7.96. The van der Waals surface area contributed by atoms with Gasteiger partial charge in [0.2, 0.25) is 11.8 Å². The monoisotopic (exact) mass is 708 g/mol. The molecule has 4 rings (SSSR count). The number of alkyl halides is 2. The first-order valence-corrected chi connectivity index (χ1v) is 17.8. The standard InChI is InChI=1S/C33H46BrFN4O5S/c1-21-27(45-20-37-21)22-10-11-23(26(16-22)44-15-9-7-5-6-8-14-34)18-36-29(41)25-17-24(40)19-39(25)30(42)28(32(2,3)4)38-31(43)33(35)12-13-33/h10-11,16,20,24-25,28,40H,5-9,12-15,17-19H2,1-4H3,(H,36,41)(H,38,43)/t24-,25+,28-/m1/s1. The Morgan fingerprint density at radius 1 is 1.20 bits per heavy atom. The number of rotatable bonds is 15. The van der Waals surface area contributed by atoms with Crippen LogP contribution in [0, 0.1) is 12.3 Å². The highest BCUT2D eigenvalue weighted by Crippen LogP contribution is 2.40. The number of hydrogen-bond acceptors (Lipinski definition) is 7. The van der Waals surface area contributed by atoms with Crippen LogP contribution < -0.4 is 15.4 Å². The van der Waals surface area contributed by atoms with Crippen LogP contribution >= 0.6 is 27.3 Å². The number of nitrogens with one attached hydrogen (secondary N) is 2. The van der Waals surface area contributed by atoms with Crippen molar-refractivity contribution in [3.63, 3.8) is 0 Å². The van der Waals surface area contributed by atoms with Crippen LogP contribution in [0.4, 0.5) is 4.39 Å². The normalized spacial score (nSPS) is 19.7. The molecule has 3 N–H and O–H groups in total. The molecule has 2 aromatic rings. The number of carbonyl (C=O) groups is 3. The third-order valence-electron chi connectivity index (χ3n) is 8.41. The van der Waals surface area contributed by atoms with E-state index in [1.807, 2.05) is 30.6 Å². The molecule has 45 heavy (non-hydrogen) atoms. The fourth-order valence-corrected chi connectivity index (χ4v) is 6.68. The lowest BCUT2D eigenvalue weighted by Gasteiger charge is -2.35. The Balaban J connectivity index is 1.45. The van der Waals surface area contributed by atoms with Crippen LogP contribution in [0.25, 0.3) is 10.4 Å². The number of aliphatic hydroxyl groups excluding tert-OH is 1. The molecule has 1 aromatic heterocycles. The SMILES string of the molecule is Cc1ncsc1-c1ccc(CNC(=O)[C@@H]2C[C@@H](O)CN2C(=O)[C@@H](NC(=O)C2(F)CC2)C(C)(C)C)c(OCCCCCCCBr)c1. The van der Waals surface area contributed by atoms with Crippen molar-refractivity contribution in [2.45, 2.75) is 109 Å². The summed E-state index contributed by atoms with van der Waals surface area (Å²) < 4.78 is 20.7. The molecule has 3 atom stereocenters.